The number of unbranched alkanes of at least 4 members (excludes halogenated alkanes) is 12. The Hall–Kier alpha value is -1.06. The van der Waals surface area contributed by atoms with Gasteiger partial charge in [0.15, 0.2) is 6.10 Å². The summed E-state index contributed by atoms with van der Waals surface area (Å²) in [6.45, 7) is 6.16. The van der Waals surface area contributed by atoms with Crippen LogP contribution in [0.15, 0.2) is 0 Å². The summed E-state index contributed by atoms with van der Waals surface area (Å²) in [5.41, 5.74) is 0. The van der Waals surface area contributed by atoms with Crippen LogP contribution in [0.1, 0.15) is 117 Å². The van der Waals surface area contributed by atoms with Crippen LogP contribution >= 0.6 is 0 Å². The summed E-state index contributed by atoms with van der Waals surface area (Å²) < 4.78 is 10.4. The molecule has 0 bridgehead atoms. The molecule has 0 amide bonds. The smallest absolute Gasteiger partial charge is 0.347 e. The average molecular weight is 371 g/mol. The van der Waals surface area contributed by atoms with Crippen LogP contribution in [0.5, 0.6) is 0 Å². The highest BCUT2D eigenvalue weighted by atomic mass is 16.6. The Kier molecular flexibility index (Phi) is 18.0. The van der Waals surface area contributed by atoms with E-state index in [9.17, 15) is 9.59 Å². The highest BCUT2D eigenvalue weighted by Crippen LogP contribution is 2.12. The van der Waals surface area contributed by atoms with Gasteiger partial charge in [0.25, 0.3) is 0 Å². The number of rotatable bonds is 18. The van der Waals surface area contributed by atoms with Gasteiger partial charge in [-0.05, 0) is 19.3 Å². The van der Waals surface area contributed by atoms with Crippen LogP contribution in [0.25, 0.3) is 0 Å². The van der Waals surface area contributed by atoms with Crippen LogP contribution in [-0.4, -0.2) is 24.6 Å². The van der Waals surface area contributed by atoms with Crippen molar-refractivity contribution < 1.29 is 19.1 Å². The third-order valence-electron chi connectivity index (χ3n) is 4.63. The van der Waals surface area contributed by atoms with E-state index >= 15 is 0 Å². The molecule has 4 nitrogen and oxygen atoms in total. The first-order valence-electron chi connectivity index (χ1n) is 11.0. The van der Waals surface area contributed by atoms with Gasteiger partial charge in [-0.1, -0.05) is 90.9 Å². The lowest BCUT2D eigenvalue weighted by molar-refractivity contribution is -0.167. The van der Waals surface area contributed by atoms with E-state index in [1.807, 2.05) is 0 Å². The minimum Gasteiger partial charge on any atom is -0.463 e. The van der Waals surface area contributed by atoms with E-state index in [2.05, 4.69) is 13.8 Å². The largest absolute Gasteiger partial charge is 0.463 e. The van der Waals surface area contributed by atoms with Crippen LogP contribution < -0.4 is 0 Å². The highest BCUT2D eigenvalue weighted by molar-refractivity contribution is 5.78. The molecular weight excluding hydrogens is 328 g/mol. The Morgan fingerprint density at radius 1 is 0.692 bits per heavy atom. The molecule has 0 saturated heterocycles. The minimum absolute atomic E-state index is 0.382. The Balaban J connectivity index is 3.69. The molecule has 0 aliphatic carbocycles. The SMILES string of the molecule is CCCCCCCCCCCCOC(=O)C(CCCCCC)OC(C)=O. The molecule has 0 saturated carbocycles. The number of hydrogen-bond donors (Lipinski definition) is 0. The van der Waals surface area contributed by atoms with Gasteiger partial charge in [0.05, 0.1) is 6.61 Å². The zero-order chi connectivity index (χ0) is 19.5. The fourth-order valence-electron chi connectivity index (χ4n) is 3.04. The maximum absolute atomic E-state index is 12.1. The first kappa shape index (κ1) is 24.9. The van der Waals surface area contributed by atoms with Crippen LogP contribution in [-0.2, 0) is 19.1 Å². The monoisotopic (exact) mass is 370 g/mol. The molecule has 0 aliphatic heterocycles. The van der Waals surface area contributed by atoms with E-state index in [1.54, 1.807) is 0 Å². The molecule has 0 aromatic heterocycles. The van der Waals surface area contributed by atoms with Gasteiger partial charge >= 0.3 is 11.9 Å². The molecule has 0 aromatic rings. The lowest BCUT2D eigenvalue weighted by atomic mass is 10.1. The first-order chi connectivity index (χ1) is 12.6. The normalized spacial score (nSPS) is 12.0. The van der Waals surface area contributed by atoms with E-state index < -0.39 is 12.1 Å². The molecule has 0 aromatic carbocycles. The molecular formula is C22H42O4. The van der Waals surface area contributed by atoms with Crippen molar-refractivity contribution in [2.45, 2.75) is 123 Å². The number of esters is 2. The van der Waals surface area contributed by atoms with Gasteiger partial charge in [-0.2, -0.15) is 0 Å². The van der Waals surface area contributed by atoms with Crippen LogP contribution in [0.2, 0.25) is 0 Å². The van der Waals surface area contributed by atoms with E-state index in [4.69, 9.17) is 9.47 Å². The summed E-state index contributed by atoms with van der Waals surface area (Å²) in [4.78, 5) is 23.3. The fourth-order valence-corrected chi connectivity index (χ4v) is 3.04. The van der Waals surface area contributed by atoms with Gasteiger partial charge in [-0.3, -0.25) is 4.79 Å². The van der Waals surface area contributed by atoms with Crippen molar-refractivity contribution in [3.05, 3.63) is 0 Å². The van der Waals surface area contributed by atoms with Crippen LogP contribution in [0, 0.1) is 0 Å². The molecule has 154 valence electrons. The van der Waals surface area contributed by atoms with Crippen molar-refractivity contribution in [2.75, 3.05) is 6.61 Å². The topological polar surface area (TPSA) is 52.6 Å². The predicted molar refractivity (Wildman–Crippen MR) is 107 cm³/mol. The summed E-state index contributed by atoms with van der Waals surface area (Å²) in [5.74, 6) is -0.797. The van der Waals surface area contributed by atoms with Crippen molar-refractivity contribution >= 4 is 11.9 Å². The highest BCUT2D eigenvalue weighted by Gasteiger charge is 2.22. The van der Waals surface area contributed by atoms with Gasteiger partial charge in [0.2, 0.25) is 0 Å². The third kappa shape index (κ3) is 16.4. The predicted octanol–water partition coefficient (Wildman–Crippen LogP) is 6.35. The molecule has 4 heteroatoms. The molecule has 1 unspecified atom stereocenters. The summed E-state index contributed by atoms with van der Waals surface area (Å²) in [5, 5.41) is 0. The Bertz CT molecular complexity index is 341. The molecule has 1 atom stereocenters. The zero-order valence-corrected chi connectivity index (χ0v) is 17.5. The molecule has 0 spiro atoms. The minimum atomic E-state index is -0.729. The second-order valence-corrected chi connectivity index (χ2v) is 7.30. The second-order valence-electron chi connectivity index (χ2n) is 7.30. The van der Waals surface area contributed by atoms with Gasteiger partial charge in [-0.15, -0.1) is 0 Å². The Labute approximate surface area is 161 Å². The number of carbonyl (C=O) groups excluding carboxylic acids is 2. The molecule has 0 rings (SSSR count). The van der Waals surface area contributed by atoms with E-state index in [-0.39, 0.29) is 5.97 Å². The van der Waals surface area contributed by atoms with Crippen molar-refractivity contribution in [1.82, 2.24) is 0 Å². The number of hydrogen-bond acceptors (Lipinski definition) is 4. The second kappa shape index (κ2) is 18.7. The molecule has 0 radical (unpaired) electrons. The maximum atomic E-state index is 12.1. The molecule has 26 heavy (non-hydrogen) atoms. The molecule has 0 fully saturated rings. The van der Waals surface area contributed by atoms with E-state index in [1.165, 1.54) is 58.3 Å². The number of carbonyl (C=O) groups is 2. The zero-order valence-electron chi connectivity index (χ0n) is 17.5. The van der Waals surface area contributed by atoms with Crippen molar-refractivity contribution in [3.8, 4) is 0 Å². The van der Waals surface area contributed by atoms with E-state index in [0.29, 0.717) is 13.0 Å². The Morgan fingerprint density at radius 2 is 1.15 bits per heavy atom. The molecule has 0 aliphatic rings. The number of ether oxygens (including phenoxy) is 2. The lowest BCUT2D eigenvalue weighted by Crippen LogP contribution is -2.28. The van der Waals surface area contributed by atoms with Crippen molar-refractivity contribution in [1.29, 1.82) is 0 Å². The molecule has 0 N–H and O–H groups in total. The maximum Gasteiger partial charge on any atom is 0.347 e. The van der Waals surface area contributed by atoms with Crippen LogP contribution in [0.3, 0.4) is 0 Å². The lowest BCUT2D eigenvalue weighted by Gasteiger charge is -2.16. The third-order valence-corrected chi connectivity index (χ3v) is 4.63. The van der Waals surface area contributed by atoms with E-state index in [0.717, 1.165) is 38.5 Å². The summed E-state index contributed by atoms with van der Waals surface area (Å²) in [6, 6.07) is 0. The van der Waals surface area contributed by atoms with Crippen molar-refractivity contribution in [3.63, 3.8) is 0 Å². The standard InChI is InChI=1S/C22H42O4/c1-4-6-8-10-11-12-13-14-15-17-19-25-22(24)21(26-20(3)23)18-16-9-7-5-2/h21H,4-19H2,1-3H3. The average Bonchev–Trinajstić information content (AvgIpc) is 2.61. The van der Waals surface area contributed by atoms with Gasteiger partial charge in [-0.25, -0.2) is 4.79 Å². The fraction of sp³-hybridized carbons (Fsp3) is 0.909. The van der Waals surface area contributed by atoms with Gasteiger partial charge in [0, 0.05) is 6.92 Å². The van der Waals surface area contributed by atoms with Crippen molar-refractivity contribution in [2.24, 2.45) is 0 Å². The summed E-state index contributed by atoms with van der Waals surface area (Å²) >= 11 is 0. The quantitative estimate of drug-likeness (QED) is 0.208. The van der Waals surface area contributed by atoms with Gasteiger partial charge in [0.1, 0.15) is 0 Å². The summed E-state index contributed by atoms with van der Waals surface area (Å²) in [6.07, 6.45) is 16.6. The first-order valence-corrected chi connectivity index (χ1v) is 11.0. The molecule has 0 heterocycles. The summed E-state index contributed by atoms with van der Waals surface area (Å²) in [7, 11) is 0. The Morgan fingerprint density at radius 3 is 1.65 bits per heavy atom. The van der Waals surface area contributed by atoms with Crippen LogP contribution in [0.4, 0.5) is 0 Å². The van der Waals surface area contributed by atoms with Gasteiger partial charge < -0.3 is 9.47 Å².